The molecule has 1 aliphatic rings. The fraction of sp³-hybridized carbons (Fsp3) is 0.474. The van der Waals surface area contributed by atoms with Crippen LogP contribution in [0.1, 0.15) is 42.6 Å². The summed E-state index contributed by atoms with van der Waals surface area (Å²) in [6, 6.07) is 2.09. The van der Waals surface area contributed by atoms with Crippen molar-refractivity contribution in [3.05, 3.63) is 39.9 Å². The van der Waals surface area contributed by atoms with Crippen molar-refractivity contribution in [2.75, 3.05) is 7.05 Å². The van der Waals surface area contributed by atoms with E-state index < -0.39 is 0 Å². The number of hydrogen-bond acceptors (Lipinski definition) is 4. The first kappa shape index (κ1) is 18.2. The molecule has 0 radical (unpaired) electrons. The van der Waals surface area contributed by atoms with Gasteiger partial charge in [0.05, 0.1) is 22.4 Å². The van der Waals surface area contributed by atoms with Crippen LogP contribution in [0.3, 0.4) is 0 Å². The summed E-state index contributed by atoms with van der Waals surface area (Å²) in [5, 5.41) is 10.2. The Morgan fingerprint density at radius 3 is 2.81 bits per heavy atom. The summed E-state index contributed by atoms with van der Waals surface area (Å²) in [5.74, 6) is 0.604. The van der Waals surface area contributed by atoms with E-state index >= 15 is 0 Å². The topological polar surface area (TPSA) is 68.8 Å². The minimum absolute atomic E-state index is 0.0176. The van der Waals surface area contributed by atoms with Gasteiger partial charge in [0.25, 0.3) is 0 Å². The van der Waals surface area contributed by atoms with Crippen LogP contribution < -0.4 is 0 Å². The summed E-state index contributed by atoms with van der Waals surface area (Å²) < 4.78 is 4.50. The first-order valence-corrected chi connectivity index (χ1v) is 10.0. The van der Waals surface area contributed by atoms with Gasteiger partial charge in [-0.25, -0.2) is 9.67 Å². The highest BCUT2D eigenvalue weighted by molar-refractivity contribution is 9.10. The summed E-state index contributed by atoms with van der Waals surface area (Å²) in [7, 11) is 1.79. The Hall–Kier alpha value is -2.22. The minimum Gasteiger partial charge on any atom is -0.338 e. The maximum atomic E-state index is 12.8. The van der Waals surface area contributed by atoms with Crippen LogP contribution >= 0.6 is 15.9 Å². The lowest BCUT2D eigenvalue weighted by molar-refractivity contribution is -0.131. The summed E-state index contributed by atoms with van der Waals surface area (Å²) in [6.45, 7) is 5.45. The normalized spacial score (nSPS) is 14.1. The minimum atomic E-state index is -0.0176. The molecule has 0 saturated heterocycles. The number of likely N-dealkylation sites (N-methyl/N-ethyl adjacent to an activating group) is 1. The second-order valence-electron chi connectivity index (χ2n) is 7.15. The van der Waals surface area contributed by atoms with E-state index in [1.807, 2.05) is 30.9 Å². The number of carbonyl (C=O) groups excluding carboxylic acids is 1. The molecule has 3 heterocycles. The number of pyridine rings is 1. The summed E-state index contributed by atoms with van der Waals surface area (Å²) in [6.07, 6.45) is 6.22. The molecule has 27 heavy (non-hydrogen) atoms. The van der Waals surface area contributed by atoms with E-state index in [0.29, 0.717) is 12.5 Å². The van der Waals surface area contributed by atoms with Crippen molar-refractivity contribution in [2.45, 2.75) is 52.2 Å². The molecule has 0 aromatic carbocycles. The molecule has 8 heteroatoms. The van der Waals surface area contributed by atoms with E-state index in [9.17, 15) is 4.79 Å². The fourth-order valence-electron chi connectivity index (χ4n) is 3.42. The number of nitrogens with zero attached hydrogens (tertiary/aromatic N) is 6. The van der Waals surface area contributed by atoms with E-state index in [4.69, 9.17) is 0 Å². The smallest absolute Gasteiger partial charge is 0.244 e. The largest absolute Gasteiger partial charge is 0.338 e. The molecule has 4 rings (SSSR count). The average molecular weight is 431 g/mol. The Morgan fingerprint density at radius 1 is 1.37 bits per heavy atom. The molecule has 142 valence electrons. The highest BCUT2D eigenvalue weighted by Gasteiger charge is 2.28. The first-order chi connectivity index (χ1) is 13.0. The number of amides is 1. The van der Waals surface area contributed by atoms with Crippen molar-refractivity contribution in [3.8, 4) is 0 Å². The summed E-state index contributed by atoms with van der Waals surface area (Å²) in [4.78, 5) is 19.0. The lowest BCUT2D eigenvalue weighted by Gasteiger charge is -2.16. The Labute approximate surface area is 166 Å². The van der Waals surface area contributed by atoms with E-state index in [-0.39, 0.29) is 12.5 Å². The molecular formula is C19H23BrN6O. The second-order valence-corrected chi connectivity index (χ2v) is 8.00. The number of carbonyl (C=O) groups is 1. The maximum absolute atomic E-state index is 12.8. The second kappa shape index (κ2) is 7.07. The standard InChI is InChI=1S/C19H23BrN6O/c1-4-25-9-15(20)16(23-25)10-24(3)17(27)11-26-19-18(12(2)22-26)14(7-8-21-19)13-5-6-13/h7-9,13H,4-6,10-11H2,1-3H3. The SMILES string of the molecule is CCn1cc(Br)c(CN(C)C(=O)Cn2nc(C)c3c(C4CC4)ccnc32)n1. The number of rotatable bonds is 6. The quantitative estimate of drug-likeness (QED) is 0.601. The lowest BCUT2D eigenvalue weighted by Crippen LogP contribution is -2.30. The van der Waals surface area contributed by atoms with Crippen LogP contribution in [0.2, 0.25) is 0 Å². The van der Waals surface area contributed by atoms with Gasteiger partial charge in [-0.1, -0.05) is 0 Å². The van der Waals surface area contributed by atoms with Gasteiger partial charge in [0.1, 0.15) is 6.54 Å². The Kier molecular flexibility index (Phi) is 4.75. The molecule has 3 aromatic rings. The van der Waals surface area contributed by atoms with Gasteiger partial charge in [0.15, 0.2) is 5.65 Å². The predicted molar refractivity (Wildman–Crippen MR) is 106 cm³/mol. The molecule has 7 nitrogen and oxygen atoms in total. The van der Waals surface area contributed by atoms with Crippen LogP contribution in [0.15, 0.2) is 22.9 Å². The third-order valence-corrected chi connectivity index (χ3v) is 5.73. The zero-order valence-corrected chi connectivity index (χ0v) is 17.4. The van der Waals surface area contributed by atoms with Gasteiger partial charge in [0, 0.05) is 31.4 Å². The lowest BCUT2D eigenvalue weighted by atomic mass is 10.1. The van der Waals surface area contributed by atoms with Crippen molar-refractivity contribution in [1.82, 2.24) is 29.4 Å². The van der Waals surface area contributed by atoms with Crippen molar-refractivity contribution in [3.63, 3.8) is 0 Å². The molecule has 0 N–H and O–H groups in total. The van der Waals surface area contributed by atoms with Crippen LogP contribution in [0.25, 0.3) is 11.0 Å². The molecular weight excluding hydrogens is 408 g/mol. The van der Waals surface area contributed by atoms with Gasteiger partial charge in [-0.3, -0.25) is 9.48 Å². The van der Waals surface area contributed by atoms with E-state index in [0.717, 1.165) is 33.4 Å². The van der Waals surface area contributed by atoms with E-state index in [1.165, 1.54) is 18.4 Å². The van der Waals surface area contributed by atoms with Gasteiger partial charge < -0.3 is 4.90 Å². The van der Waals surface area contributed by atoms with Crippen molar-refractivity contribution < 1.29 is 4.79 Å². The average Bonchev–Trinajstić information content (AvgIpc) is 3.37. The number of halogens is 1. The molecule has 0 atom stereocenters. The maximum Gasteiger partial charge on any atom is 0.244 e. The third kappa shape index (κ3) is 3.50. The van der Waals surface area contributed by atoms with E-state index in [2.05, 4.69) is 37.2 Å². The van der Waals surface area contributed by atoms with Gasteiger partial charge in [0.2, 0.25) is 5.91 Å². The van der Waals surface area contributed by atoms with Gasteiger partial charge >= 0.3 is 0 Å². The number of aryl methyl sites for hydroxylation is 2. The highest BCUT2D eigenvalue weighted by Crippen LogP contribution is 2.43. The van der Waals surface area contributed by atoms with E-state index in [1.54, 1.807) is 16.6 Å². The Balaban J connectivity index is 1.54. The number of aromatic nitrogens is 5. The van der Waals surface area contributed by atoms with Crippen LogP contribution in [-0.2, 0) is 24.4 Å². The highest BCUT2D eigenvalue weighted by atomic mass is 79.9. The molecule has 1 fully saturated rings. The van der Waals surface area contributed by atoms with Gasteiger partial charge in [-0.05, 0) is 60.2 Å². The molecule has 1 amide bonds. The summed E-state index contributed by atoms with van der Waals surface area (Å²) in [5.41, 5.74) is 3.91. The zero-order valence-electron chi connectivity index (χ0n) is 15.8. The molecule has 0 spiro atoms. The van der Waals surface area contributed by atoms with Crippen LogP contribution in [0.5, 0.6) is 0 Å². The molecule has 0 bridgehead atoms. The van der Waals surface area contributed by atoms with Crippen molar-refractivity contribution in [1.29, 1.82) is 0 Å². The third-order valence-electron chi connectivity index (χ3n) is 5.07. The Morgan fingerprint density at radius 2 is 2.15 bits per heavy atom. The molecule has 0 unspecified atom stereocenters. The molecule has 3 aromatic heterocycles. The van der Waals surface area contributed by atoms with Crippen molar-refractivity contribution in [2.24, 2.45) is 0 Å². The Bertz CT molecular complexity index is 1000. The fourth-order valence-corrected chi connectivity index (χ4v) is 3.86. The molecule has 0 aliphatic heterocycles. The van der Waals surface area contributed by atoms with Crippen molar-refractivity contribution >= 4 is 32.9 Å². The number of fused-ring (bicyclic) bond motifs is 1. The van der Waals surface area contributed by atoms with Crippen LogP contribution in [0.4, 0.5) is 0 Å². The van der Waals surface area contributed by atoms with Gasteiger partial charge in [-0.2, -0.15) is 10.2 Å². The summed E-state index contributed by atoms with van der Waals surface area (Å²) >= 11 is 3.52. The first-order valence-electron chi connectivity index (χ1n) is 9.25. The predicted octanol–water partition coefficient (Wildman–Crippen LogP) is 3.25. The van der Waals surface area contributed by atoms with Crippen LogP contribution in [-0.4, -0.2) is 42.4 Å². The van der Waals surface area contributed by atoms with Gasteiger partial charge in [-0.15, -0.1) is 0 Å². The monoisotopic (exact) mass is 430 g/mol. The molecule has 1 saturated carbocycles. The molecule has 1 aliphatic carbocycles. The zero-order chi connectivity index (χ0) is 19.1. The van der Waals surface area contributed by atoms with Crippen LogP contribution in [0, 0.1) is 6.92 Å². The number of hydrogen-bond donors (Lipinski definition) is 0.